The monoisotopic (exact) mass is 351 g/mol. The van der Waals surface area contributed by atoms with Gasteiger partial charge in [0.25, 0.3) is 5.56 Å². The van der Waals surface area contributed by atoms with Crippen LogP contribution in [0.15, 0.2) is 35.6 Å². The van der Waals surface area contributed by atoms with E-state index in [1.165, 1.54) is 0 Å². The number of nitrogens with one attached hydrogen (secondary N) is 1. The van der Waals surface area contributed by atoms with Gasteiger partial charge in [0.1, 0.15) is 12.1 Å². The fourth-order valence-corrected chi connectivity index (χ4v) is 3.36. The molecule has 3 aromatic heterocycles. The zero-order valence-corrected chi connectivity index (χ0v) is 14.9. The van der Waals surface area contributed by atoms with Crippen molar-refractivity contribution < 1.29 is 0 Å². The molecule has 1 aliphatic rings. The van der Waals surface area contributed by atoms with Crippen molar-refractivity contribution in [2.75, 3.05) is 23.3 Å². The van der Waals surface area contributed by atoms with Crippen molar-refractivity contribution in [3.63, 3.8) is 0 Å². The van der Waals surface area contributed by atoms with Gasteiger partial charge in [-0.15, -0.1) is 0 Å². The van der Waals surface area contributed by atoms with Gasteiger partial charge in [0, 0.05) is 44.1 Å². The van der Waals surface area contributed by atoms with Crippen LogP contribution in [0.1, 0.15) is 18.5 Å². The van der Waals surface area contributed by atoms with Gasteiger partial charge < -0.3 is 10.2 Å². The lowest BCUT2D eigenvalue weighted by Gasteiger charge is -2.34. The lowest BCUT2D eigenvalue weighted by atomic mass is 10.1. The summed E-state index contributed by atoms with van der Waals surface area (Å²) in [5, 5.41) is 4.07. The topological polar surface area (TPSA) is 88.8 Å². The Morgan fingerprint density at radius 1 is 1.23 bits per heavy atom. The lowest BCUT2D eigenvalue weighted by molar-refractivity contribution is 0.512. The second kappa shape index (κ2) is 6.70. The third-order valence-electron chi connectivity index (χ3n) is 4.79. The Bertz CT molecular complexity index is 992. The highest BCUT2D eigenvalue weighted by Crippen LogP contribution is 2.20. The summed E-state index contributed by atoms with van der Waals surface area (Å²) in [7, 11) is 1.78. The van der Waals surface area contributed by atoms with E-state index in [0.717, 1.165) is 37.4 Å². The maximum Gasteiger partial charge on any atom is 0.262 e. The zero-order chi connectivity index (χ0) is 18.1. The highest BCUT2D eigenvalue weighted by molar-refractivity contribution is 5.77. The first-order valence-corrected chi connectivity index (χ1v) is 8.73. The van der Waals surface area contributed by atoms with Crippen LogP contribution in [0.3, 0.4) is 0 Å². The molecule has 1 N–H and O–H groups in total. The summed E-state index contributed by atoms with van der Waals surface area (Å²) in [6.45, 7) is 3.61. The Kier molecular flexibility index (Phi) is 4.24. The van der Waals surface area contributed by atoms with Gasteiger partial charge in [0.2, 0.25) is 5.95 Å². The third-order valence-corrected chi connectivity index (χ3v) is 4.79. The van der Waals surface area contributed by atoms with E-state index in [-0.39, 0.29) is 5.56 Å². The first kappa shape index (κ1) is 16.4. The molecule has 0 bridgehead atoms. The summed E-state index contributed by atoms with van der Waals surface area (Å²) in [5.74, 6) is 1.56. The minimum atomic E-state index is -0.0379. The SMILES string of the molecule is Cc1cc(NC2CCN(c3nc4cnccc4c(=O)n3C)CC2)ncn1. The largest absolute Gasteiger partial charge is 0.367 e. The quantitative estimate of drug-likeness (QED) is 0.765. The smallest absolute Gasteiger partial charge is 0.262 e. The molecule has 4 rings (SSSR count). The molecule has 1 fully saturated rings. The van der Waals surface area contributed by atoms with Crippen LogP contribution < -0.4 is 15.8 Å². The van der Waals surface area contributed by atoms with E-state index in [1.807, 2.05) is 13.0 Å². The Labute approximate surface area is 150 Å². The number of hydrogen-bond donors (Lipinski definition) is 1. The number of pyridine rings is 1. The molecule has 1 aliphatic heterocycles. The van der Waals surface area contributed by atoms with Crippen molar-refractivity contribution in [3.05, 3.63) is 46.9 Å². The molecule has 0 unspecified atom stereocenters. The summed E-state index contributed by atoms with van der Waals surface area (Å²) in [5.41, 5.74) is 1.55. The van der Waals surface area contributed by atoms with Crippen LogP contribution in [0.25, 0.3) is 10.9 Å². The fraction of sp³-hybridized carbons (Fsp3) is 0.389. The summed E-state index contributed by atoms with van der Waals surface area (Å²) in [6.07, 6.45) is 6.74. The average Bonchev–Trinajstić information content (AvgIpc) is 2.65. The second-order valence-corrected chi connectivity index (χ2v) is 6.62. The van der Waals surface area contributed by atoms with Crippen molar-refractivity contribution >= 4 is 22.7 Å². The van der Waals surface area contributed by atoms with Crippen molar-refractivity contribution in [2.24, 2.45) is 7.05 Å². The highest BCUT2D eigenvalue weighted by atomic mass is 16.1. The van der Waals surface area contributed by atoms with Crippen molar-refractivity contribution in [1.29, 1.82) is 0 Å². The van der Waals surface area contributed by atoms with Crippen LogP contribution in [0, 0.1) is 6.92 Å². The first-order chi connectivity index (χ1) is 12.6. The van der Waals surface area contributed by atoms with Crippen molar-refractivity contribution in [1.82, 2.24) is 24.5 Å². The molecule has 8 nitrogen and oxygen atoms in total. The number of hydrogen-bond acceptors (Lipinski definition) is 7. The predicted molar refractivity (Wildman–Crippen MR) is 100 cm³/mol. The van der Waals surface area contributed by atoms with E-state index in [1.54, 1.807) is 36.4 Å². The van der Waals surface area contributed by atoms with Crippen molar-refractivity contribution in [3.8, 4) is 0 Å². The normalized spacial score (nSPS) is 15.4. The van der Waals surface area contributed by atoms with E-state index in [9.17, 15) is 4.79 Å². The van der Waals surface area contributed by atoms with Gasteiger partial charge in [-0.3, -0.25) is 14.3 Å². The van der Waals surface area contributed by atoms with Gasteiger partial charge in [-0.2, -0.15) is 0 Å². The molecule has 0 saturated carbocycles. The molecule has 3 aromatic rings. The van der Waals surface area contributed by atoms with Crippen LogP contribution in [-0.2, 0) is 7.05 Å². The minimum Gasteiger partial charge on any atom is -0.367 e. The van der Waals surface area contributed by atoms with E-state index in [0.29, 0.717) is 22.9 Å². The molecular formula is C18H21N7O. The molecule has 8 heteroatoms. The molecular weight excluding hydrogens is 330 g/mol. The summed E-state index contributed by atoms with van der Waals surface area (Å²) >= 11 is 0. The molecule has 0 atom stereocenters. The van der Waals surface area contributed by atoms with Crippen molar-refractivity contribution in [2.45, 2.75) is 25.8 Å². The van der Waals surface area contributed by atoms with Gasteiger partial charge in [-0.25, -0.2) is 15.0 Å². The summed E-state index contributed by atoms with van der Waals surface area (Å²) in [6, 6.07) is 4.02. The molecule has 0 spiro atoms. The van der Waals surface area contributed by atoms with Gasteiger partial charge >= 0.3 is 0 Å². The van der Waals surface area contributed by atoms with Crippen LogP contribution in [0.5, 0.6) is 0 Å². The molecule has 134 valence electrons. The molecule has 26 heavy (non-hydrogen) atoms. The van der Waals surface area contributed by atoms with Gasteiger partial charge in [0.15, 0.2) is 0 Å². The van der Waals surface area contributed by atoms with Gasteiger partial charge in [-0.05, 0) is 25.8 Å². The third kappa shape index (κ3) is 3.10. The number of nitrogens with zero attached hydrogens (tertiary/aromatic N) is 6. The standard InChI is InChI=1S/C18H21N7O/c1-12-9-16(21-11-20-12)22-13-4-7-25(8-5-13)18-23-15-10-19-6-3-14(15)17(26)24(18)2/h3,6,9-11,13H,4-5,7-8H2,1-2H3,(H,20,21,22). The summed E-state index contributed by atoms with van der Waals surface area (Å²) in [4.78, 5) is 31.9. The van der Waals surface area contributed by atoms with Crippen LogP contribution >= 0.6 is 0 Å². The van der Waals surface area contributed by atoms with Crippen LogP contribution in [-0.4, -0.2) is 43.6 Å². The average molecular weight is 351 g/mol. The second-order valence-electron chi connectivity index (χ2n) is 6.62. The number of fused-ring (bicyclic) bond motifs is 1. The Hall–Kier alpha value is -3.03. The Morgan fingerprint density at radius 3 is 2.81 bits per heavy atom. The van der Waals surface area contributed by atoms with E-state index in [2.05, 4.69) is 30.2 Å². The molecule has 1 saturated heterocycles. The Morgan fingerprint density at radius 2 is 2.04 bits per heavy atom. The minimum absolute atomic E-state index is 0.0379. The summed E-state index contributed by atoms with van der Waals surface area (Å²) < 4.78 is 1.63. The number of anilines is 2. The number of aryl methyl sites for hydroxylation is 1. The zero-order valence-electron chi connectivity index (χ0n) is 14.9. The molecule has 0 radical (unpaired) electrons. The molecule has 0 aliphatic carbocycles. The predicted octanol–water partition coefficient (Wildman–Crippen LogP) is 1.51. The van der Waals surface area contributed by atoms with E-state index >= 15 is 0 Å². The lowest BCUT2D eigenvalue weighted by Crippen LogP contribution is -2.42. The van der Waals surface area contributed by atoms with Gasteiger partial charge in [-0.1, -0.05) is 0 Å². The van der Waals surface area contributed by atoms with Crippen LogP contribution in [0.2, 0.25) is 0 Å². The maximum absolute atomic E-state index is 12.6. The highest BCUT2D eigenvalue weighted by Gasteiger charge is 2.23. The van der Waals surface area contributed by atoms with Crippen LogP contribution in [0.4, 0.5) is 11.8 Å². The Balaban J connectivity index is 1.50. The van der Waals surface area contributed by atoms with Gasteiger partial charge in [0.05, 0.1) is 17.1 Å². The molecule has 0 amide bonds. The van der Waals surface area contributed by atoms with E-state index < -0.39 is 0 Å². The first-order valence-electron chi connectivity index (χ1n) is 8.73. The fourth-order valence-electron chi connectivity index (χ4n) is 3.36. The molecule has 4 heterocycles. The number of piperidine rings is 1. The molecule has 0 aromatic carbocycles. The maximum atomic E-state index is 12.6. The van der Waals surface area contributed by atoms with E-state index in [4.69, 9.17) is 0 Å². The number of rotatable bonds is 3. The number of aromatic nitrogens is 5.